The van der Waals surface area contributed by atoms with Crippen LogP contribution in [-0.4, -0.2) is 38.0 Å². The van der Waals surface area contributed by atoms with E-state index < -0.39 is 10.0 Å². The lowest BCUT2D eigenvalue weighted by Crippen LogP contribution is -2.26. The van der Waals surface area contributed by atoms with Gasteiger partial charge in [0.15, 0.2) is 11.5 Å². The molecule has 0 aliphatic carbocycles. The Hall–Kier alpha value is -2.42. The number of benzene rings is 2. The molecule has 0 bridgehead atoms. The molecule has 3 aromatic rings. The van der Waals surface area contributed by atoms with Crippen molar-refractivity contribution in [1.29, 1.82) is 0 Å². The summed E-state index contributed by atoms with van der Waals surface area (Å²) in [4.78, 5) is 5.71. The molecule has 1 aliphatic heterocycles. The van der Waals surface area contributed by atoms with Gasteiger partial charge in [0.1, 0.15) is 18.2 Å². The second-order valence-electron chi connectivity index (χ2n) is 6.46. The van der Waals surface area contributed by atoms with Gasteiger partial charge in [0.2, 0.25) is 10.0 Å². The average molecular weight is 417 g/mol. The molecule has 0 saturated carbocycles. The largest absolute Gasteiger partial charge is 0.486 e. The molecule has 6 nitrogen and oxygen atoms in total. The fourth-order valence-electron chi connectivity index (χ4n) is 2.93. The molecule has 0 atom stereocenters. The van der Waals surface area contributed by atoms with Gasteiger partial charge in [-0.2, -0.15) is 4.31 Å². The Morgan fingerprint density at radius 3 is 2.54 bits per heavy atom. The van der Waals surface area contributed by atoms with E-state index in [1.54, 1.807) is 19.2 Å². The van der Waals surface area contributed by atoms with Crippen LogP contribution in [0.4, 0.5) is 0 Å². The highest BCUT2D eigenvalue weighted by atomic mass is 32.2. The molecule has 2 heterocycles. The maximum absolute atomic E-state index is 13.0. The molecule has 4 rings (SSSR count). The predicted molar refractivity (Wildman–Crippen MR) is 108 cm³/mol. The first-order valence-electron chi connectivity index (χ1n) is 8.83. The van der Waals surface area contributed by atoms with E-state index in [1.165, 1.54) is 21.7 Å². The van der Waals surface area contributed by atoms with Crippen molar-refractivity contribution in [3.63, 3.8) is 0 Å². The molecule has 146 valence electrons. The van der Waals surface area contributed by atoms with Crippen molar-refractivity contribution < 1.29 is 17.9 Å². The molecule has 0 amide bonds. The Labute approximate surface area is 168 Å². The van der Waals surface area contributed by atoms with Crippen LogP contribution >= 0.6 is 11.3 Å². The van der Waals surface area contributed by atoms with Crippen LogP contribution in [0.2, 0.25) is 0 Å². The van der Waals surface area contributed by atoms with Crippen molar-refractivity contribution >= 4 is 21.4 Å². The molecule has 0 radical (unpaired) electrons. The minimum atomic E-state index is -3.67. The van der Waals surface area contributed by atoms with Crippen molar-refractivity contribution in [2.75, 3.05) is 20.3 Å². The molecule has 0 saturated heterocycles. The molecular weight excluding hydrogens is 396 g/mol. The standard InChI is InChI=1S/C20H20N2O4S2/c1-14-19(27-20(21-14)15-6-4-3-5-7-15)13-22(2)28(23,24)16-8-9-17-18(12-16)26-11-10-25-17/h3-9,12H,10-11,13H2,1-2H3. The van der Waals surface area contributed by atoms with E-state index in [9.17, 15) is 8.42 Å². The molecule has 1 aliphatic rings. The van der Waals surface area contributed by atoms with E-state index in [-0.39, 0.29) is 11.4 Å². The van der Waals surface area contributed by atoms with Gasteiger partial charge in [-0.1, -0.05) is 30.3 Å². The van der Waals surface area contributed by atoms with Crippen LogP contribution in [0.1, 0.15) is 10.6 Å². The van der Waals surface area contributed by atoms with Gasteiger partial charge < -0.3 is 9.47 Å². The summed E-state index contributed by atoms with van der Waals surface area (Å²) in [6, 6.07) is 14.6. The van der Waals surface area contributed by atoms with Crippen LogP contribution in [0.25, 0.3) is 10.6 Å². The fourth-order valence-corrected chi connectivity index (χ4v) is 5.29. The first-order chi connectivity index (χ1) is 13.4. The summed E-state index contributed by atoms with van der Waals surface area (Å²) < 4.78 is 38.4. The fraction of sp³-hybridized carbons (Fsp3) is 0.250. The number of thiazole rings is 1. The van der Waals surface area contributed by atoms with Gasteiger partial charge in [-0.15, -0.1) is 11.3 Å². The van der Waals surface area contributed by atoms with E-state index in [0.717, 1.165) is 21.1 Å². The Morgan fingerprint density at radius 1 is 1.07 bits per heavy atom. The first kappa shape index (κ1) is 18.9. The third kappa shape index (κ3) is 3.63. The van der Waals surface area contributed by atoms with Crippen LogP contribution in [0, 0.1) is 6.92 Å². The second-order valence-corrected chi connectivity index (χ2v) is 9.59. The van der Waals surface area contributed by atoms with Crippen LogP contribution in [0.3, 0.4) is 0 Å². The molecular formula is C20H20N2O4S2. The number of hydrogen-bond donors (Lipinski definition) is 0. The molecule has 1 aromatic heterocycles. The molecule has 8 heteroatoms. The minimum Gasteiger partial charge on any atom is -0.486 e. The lowest BCUT2D eigenvalue weighted by Gasteiger charge is -2.21. The van der Waals surface area contributed by atoms with E-state index in [4.69, 9.17) is 9.47 Å². The quantitative estimate of drug-likeness (QED) is 0.634. The SMILES string of the molecule is Cc1nc(-c2ccccc2)sc1CN(C)S(=O)(=O)c1ccc2c(c1)OCCO2. The lowest BCUT2D eigenvalue weighted by molar-refractivity contribution is 0.171. The smallest absolute Gasteiger partial charge is 0.243 e. The van der Waals surface area contributed by atoms with Gasteiger partial charge in [-0.05, 0) is 19.1 Å². The van der Waals surface area contributed by atoms with Crippen LogP contribution in [-0.2, 0) is 16.6 Å². The van der Waals surface area contributed by atoms with Gasteiger partial charge >= 0.3 is 0 Å². The highest BCUT2D eigenvalue weighted by Gasteiger charge is 2.25. The highest BCUT2D eigenvalue weighted by molar-refractivity contribution is 7.89. The third-order valence-corrected chi connectivity index (χ3v) is 7.49. The molecule has 0 spiro atoms. The summed E-state index contributed by atoms with van der Waals surface area (Å²) in [6.45, 7) is 3.04. The number of sulfonamides is 1. The van der Waals surface area contributed by atoms with Gasteiger partial charge in [0.05, 0.1) is 10.6 Å². The van der Waals surface area contributed by atoms with Crippen molar-refractivity contribution in [1.82, 2.24) is 9.29 Å². The van der Waals surface area contributed by atoms with E-state index in [2.05, 4.69) is 4.98 Å². The summed E-state index contributed by atoms with van der Waals surface area (Å²) in [5.74, 6) is 1.03. The summed E-state index contributed by atoms with van der Waals surface area (Å²) in [6.07, 6.45) is 0. The van der Waals surface area contributed by atoms with Crippen molar-refractivity contribution in [2.45, 2.75) is 18.4 Å². The summed E-state index contributed by atoms with van der Waals surface area (Å²) >= 11 is 1.51. The zero-order valence-corrected chi connectivity index (χ0v) is 17.2. The normalized spacial score (nSPS) is 13.7. The number of aryl methyl sites for hydroxylation is 1. The Morgan fingerprint density at radius 2 is 1.79 bits per heavy atom. The zero-order valence-electron chi connectivity index (χ0n) is 15.6. The maximum atomic E-state index is 13.0. The molecule has 0 N–H and O–H groups in total. The van der Waals surface area contributed by atoms with Gasteiger partial charge in [0.25, 0.3) is 0 Å². The zero-order chi connectivity index (χ0) is 19.7. The lowest BCUT2D eigenvalue weighted by atomic mass is 10.2. The average Bonchev–Trinajstić information content (AvgIpc) is 3.08. The number of nitrogens with zero attached hydrogens (tertiary/aromatic N) is 2. The summed E-state index contributed by atoms with van der Waals surface area (Å²) in [5.41, 5.74) is 1.87. The second kappa shape index (κ2) is 7.54. The number of rotatable bonds is 5. The maximum Gasteiger partial charge on any atom is 0.243 e. The highest BCUT2D eigenvalue weighted by Crippen LogP contribution is 2.34. The Kier molecular flexibility index (Phi) is 5.09. The number of hydrogen-bond acceptors (Lipinski definition) is 6. The number of fused-ring (bicyclic) bond motifs is 1. The third-order valence-electron chi connectivity index (χ3n) is 4.50. The first-order valence-corrected chi connectivity index (χ1v) is 11.1. The van der Waals surface area contributed by atoms with Gasteiger partial charge in [-0.25, -0.2) is 13.4 Å². The molecule has 0 fully saturated rings. The van der Waals surface area contributed by atoms with Gasteiger partial charge in [0, 0.05) is 30.1 Å². The summed E-state index contributed by atoms with van der Waals surface area (Å²) in [5, 5.41) is 0.887. The van der Waals surface area contributed by atoms with Crippen LogP contribution in [0.5, 0.6) is 11.5 Å². The van der Waals surface area contributed by atoms with Gasteiger partial charge in [-0.3, -0.25) is 0 Å². The summed E-state index contributed by atoms with van der Waals surface area (Å²) in [7, 11) is -2.09. The number of aromatic nitrogens is 1. The Balaban J connectivity index is 1.58. The minimum absolute atomic E-state index is 0.185. The van der Waals surface area contributed by atoms with Crippen molar-refractivity contribution in [2.24, 2.45) is 0 Å². The van der Waals surface area contributed by atoms with Crippen LogP contribution in [0.15, 0.2) is 53.4 Å². The van der Waals surface area contributed by atoms with E-state index in [0.29, 0.717) is 24.7 Å². The molecule has 0 unspecified atom stereocenters. The Bertz CT molecular complexity index is 1090. The molecule has 2 aromatic carbocycles. The van der Waals surface area contributed by atoms with E-state index >= 15 is 0 Å². The molecule has 28 heavy (non-hydrogen) atoms. The monoisotopic (exact) mass is 416 g/mol. The van der Waals surface area contributed by atoms with E-state index in [1.807, 2.05) is 37.3 Å². The van der Waals surface area contributed by atoms with Crippen molar-refractivity contribution in [3.05, 3.63) is 59.1 Å². The predicted octanol–water partition coefficient (Wildman–Crippen LogP) is 3.71. The number of ether oxygens (including phenoxy) is 2. The van der Waals surface area contributed by atoms with Crippen molar-refractivity contribution in [3.8, 4) is 22.1 Å². The topological polar surface area (TPSA) is 68.7 Å². The van der Waals surface area contributed by atoms with Crippen LogP contribution < -0.4 is 9.47 Å².